The van der Waals surface area contributed by atoms with E-state index in [2.05, 4.69) is 28.8 Å². The minimum atomic E-state index is -2.03. The molecule has 156 valence electrons. The van der Waals surface area contributed by atoms with E-state index < -0.39 is 36.6 Å². The van der Waals surface area contributed by atoms with Crippen LogP contribution in [0.4, 0.5) is 0 Å². The zero-order chi connectivity index (χ0) is 20.4. The second-order valence-electron chi connectivity index (χ2n) is 8.31. The Morgan fingerprint density at radius 1 is 1.14 bits per heavy atom. The molecule has 3 fully saturated rings. The van der Waals surface area contributed by atoms with Crippen LogP contribution in [0.25, 0.3) is 0 Å². The van der Waals surface area contributed by atoms with E-state index in [4.69, 9.17) is 4.74 Å². The van der Waals surface area contributed by atoms with Gasteiger partial charge in [0.2, 0.25) is 0 Å². The predicted molar refractivity (Wildman–Crippen MR) is 104 cm³/mol. The van der Waals surface area contributed by atoms with Gasteiger partial charge in [-0.05, 0) is 25.7 Å². The number of hydrogen-bond acceptors (Lipinski definition) is 6. The van der Waals surface area contributed by atoms with Gasteiger partial charge in [-0.2, -0.15) is 5.10 Å². The highest BCUT2D eigenvalue weighted by Gasteiger charge is 2.53. The van der Waals surface area contributed by atoms with Crippen molar-refractivity contribution in [3.05, 3.63) is 18.0 Å². The van der Waals surface area contributed by atoms with Gasteiger partial charge in [-0.3, -0.25) is 4.68 Å². The number of ether oxygens (including phenoxy) is 1. The van der Waals surface area contributed by atoms with Gasteiger partial charge in [-0.1, -0.05) is 42.9 Å². The maximum atomic E-state index is 11.0. The summed E-state index contributed by atoms with van der Waals surface area (Å²) < 4.78 is 7.56. The first-order valence-corrected chi connectivity index (χ1v) is 10.4. The summed E-state index contributed by atoms with van der Waals surface area (Å²) in [6, 6.07) is 0.391. The summed E-state index contributed by atoms with van der Waals surface area (Å²) in [4.78, 5) is 0. The molecule has 1 aliphatic heterocycles. The Balaban J connectivity index is 1.56. The molecule has 0 bridgehead atoms. The molecule has 0 radical (unpaired) electrons. The van der Waals surface area contributed by atoms with E-state index in [1.54, 1.807) is 6.20 Å². The van der Waals surface area contributed by atoms with Gasteiger partial charge in [-0.25, -0.2) is 0 Å². The molecule has 1 saturated heterocycles. The quantitative estimate of drug-likeness (QED) is 0.534. The van der Waals surface area contributed by atoms with Gasteiger partial charge in [-0.15, -0.1) is 0 Å². The Morgan fingerprint density at radius 2 is 1.90 bits per heavy atom. The van der Waals surface area contributed by atoms with E-state index in [0.29, 0.717) is 11.6 Å². The molecular formula is C22H28N2O5. The molecule has 2 saturated carbocycles. The Hall–Kier alpha value is -1.87. The van der Waals surface area contributed by atoms with Crippen LogP contribution in [-0.4, -0.2) is 66.8 Å². The molecule has 29 heavy (non-hydrogen) atoms. The Bertz CT molecular complexity index is 837. The third-order valence-electron chi connectivity index (χ3n) is 6.00. The lowest BCUT2D eigenvalue weighted by molar-refractivity contribution is -0.239. The van der Waals surface area contributed by atoms with Crippen molar-refractivity contribution in [2.45, 2.75) is 81.0 Å². The zero-order valence-electron chi connectivity index (χ0n) is 16.4. The largest absolute Gasteiger partial charge is 0.394 e. The van der Waals surface area contributed by atoms with Crippen LogP contribution in [0.5, 0.6) is 0 Å². The minimum absolute atomic E-state index is 0.196. The van der Waals surface area contributed by atoms with Crippen LogP contribution in [0.2, 0.25) is 0 Å². The lowest BCUT2D eigenvalue weighted by Crippen LogP contribution is -2.65. The average Bonchev–Trinajstić information content (AvgIpc) is 3.46. The summed E-state index contributed by atoms with van der Waals surface area (Å²) in [6.45, 7) is -0.498. The highest BCUT2D eigenvalue weighted by molar-refractivity contribution is 5.36. The van der Waals surface area contributed by atoms with Crippen molar-refractivity contribution in [1.29, 1.82) is 0 Å². The lowest BCUT2D eigenvalue weighted by Gasteiger charge is -2.43. The van der Waals surface area contributed by atoms with Crippen LogP contribution < -0.4 is 0 Å². The number of rotatable bonds is 2. The molecule has 2 aliphatic carbocycles. The molecule has 2 heterocycles. The van der Waals surface area contributed by atoms with Crippen molar-refractivity contribution in [3.63, 3.8) is 0 Å². The second kappa shape index (κ2) is 8.47. The van der Waals surface area contributed by atoms with Crippen molar-refractivity contribution in [3.8, 4) is 23.7 Å². The lowest BCUT2D eigenvalue weighted by atomic mass is 9.82. The summed E-state index contributed by atoms with van der Waals surface area (Å²) in [5.74, 6) is 11.6. The van der Waals surface area contributed by atoms with Gasteiger partial charge in [0, 0.05) is 12.1 Å². The minimum Gasteiger partial charge on any atom is -0.394 e. The van der Waals surface area contributed by atoms with Crippen LogP contribution in [0, 0.1) is 29.6 Å². The molecule has 0 amide bonds. The van der Waals surface area contributed by atoms with Crippen molar-refractivity contribution in [2.24, 2.45) is 5.92 Å². The summed E-state index contributed by atoms with van der Waals surface area (Å²) in [5.41, 5.74) is -1.35. The standard InChI is InChI=1S/C22H28N2O5/c25-14-18-20(26)21(27)22(28,11-10-15-6-7-15)19(29-18)9-8-16-12-23-24(13-16)17-4-2-1-3-5-17/h12-13,15,17-21,25-28H,1-7,14H2/t18-,19-,20-,21+,22-/m1/s1. The number of nitrogens with zero attached hydrogens (tertiary/aromatic N) is 2. The molecule has 7 heteroatoms. The summed E-state index contributed by atoms with van der Waals surface area (Å²) in [6.07, 6.45) is 6.12. The maximum Gasteiger partial charge on any atom is 0.191 e. The predicted octanol–water partition coefficient (Wildman–Crippen LogP) is 0.366. The fourth-order valence-electron chi connectivity index (χ4n) is 3.95. The summed E-state index contributed by atoms with van der Waals surface area (Å²) >= 11 is 0. The number of aliphatic hydroxyl groups excluding tert-OH is 3. The van der Waals surface area contributed by atoms with Crippen LogP contribution in [0.3, 0.4) is 0 Å². The molecule has 0 aromatic carbocycles. The third kappa shape index (κ3) is 4.35. The van der Waals surface area contributed by atoms with Crippen LogP contribution in [0.15, 0.2) is 12.4 Å². The van der Waals surface area contributed by atoms with E-state index in [9.17, 15) is 20.4 Å². The number of aliphatic hydroxyl groups is 4. The Kier molecular flexibility index (Phi) is 5.96. The fraction of sp³-hybridized carbons (Fsp3) is 0.682. The first-order valence-electron chi connectivity index (χ1n) is 10.4. The van der Waals surface area contributed by atoms with Gasteiger partial charge < -0.3 is 25.2 Å². The van der Waals surface area contributed by atoms with Crippen molar-refractivity contribution in [1.82, 2.24) is 9.78 Å². The smallest absolute Gasteiger partial charge is 0.191 e. The SMILES string of the molecule is OC[C@H]1O[C@H](C#Cc2cnn(C3CCCCC3)c2)[C@](O)(C#CC2CC2)[C@@H](O)[C@@H]1O. The van der Waals surface area contributed by atoms with Crippen LogP contribution >= 0.6 is 0 Å². The molecule has 0 spiro atoms. The summed E-state index contributed by atoms with van der Waals surface area (Å²) in [7, 11) is 0. The average molecular weight is 400 g/mol. The number of hydrogen-bond donors (Lipinski definition) is 4. The van der Waals surface area contributed by atoms with E-state index in [1.165, 1.54) is 19.3 Å². The fourth-order valence-corrected chi connectivity index (χ4v) is 3.95. The normalized spacial score (nSPS) is 35.3. The molecule has 1 aromatic heterocycles. The first-order chi connectivity index (χ1) is 14.0. The maximum absolute atomic E-state index is 11.0. The van der Waals surface area contributed by atoms with E-state index in [1.807, 2.05) is 10.9 Å². The highest BCUT2D eigenvalue weighted by atomic mass is 16.5. The number of aromatic nitrogens is 2. The van der Waals surface area contributed by atoms with Crippen LogP contribution in [-0.2, 0) is 4.74 Å². The molecule has 1 aromatic rings. The first kappa shape index (κ1) is 20.4. The van der Waals surface area contributed by atoms with Crippen molar-refractivity contribution < 1.29 is 25.2 Å². The molecule has 0 unspecified atom stereocenters. The Morgan fingerprint density at radius 3 is 2.59 bits per heavy atom. The molecular weight excluding hydrogens is 372 g/mol. The van der Waals surface area contributed by atoms with Gasteiger partial charge in [0.1, 0.15) is 18.3 Å². The van der Waals surface area contributed by atoms with Crippen molar-refractivity contribution >= 4 is 0 Å². The molecule has 4 N–H and O–H groups in total. The molecule has 5 atom stereocenters. The highest BCUT2D eigenvalue weighted by Crippen LogP contribution is 2.32. The van der Waals surface area contributed by atoms with E-state index >= 15 is 0 Å². The topological polar surface area (TPSA) is 108 Å². The second-order valence-corrected chi connectivity index (χ2v) is 8.31. The summed E-state index contributed by atoms with van der Waals surface area (Å²) in [5, 5.41) is 45.6. The van der Waals surface area contributed by atoms with E-state index in [0.717, 1.165) is 25.7 Å². The van der Waals surface area contributed by atoms with Crippen molar-refractivity contribution in [2.75, 3.05) is 6.61 Å². The van der Waals surface area contributed by atoms with Gasteiger partial charge in [0.05, 0.1) is 24.4 Å². The third-order valence-corrected chi connectivity index (χ3v) is 6.00. The van der Waals surface area contributed by atoms with E-state index in [-0.39, 0.29) is 5.92 Å². The molecule has 4 rings (SSSR count). The van der Waals surface area contributed by atoms with Gasteiger partial charge >= 0.3 is 0 Å². The van der Waals surface area contributed by atoms with Gasteiger partial charge in [0.15, 0.2) is 11.7 Å². The molecule has 7 nitrogen and oxygen atoms in total. The monoisotopic (exact) mass is 400 g/mol. The zero-order valence-corrected chi connectivity index (χ0v) is 16.4. The van der Waals surface area contributed by atoms with Crippen LogP contribution in [0.1, 0.15) is 56.6 Å². The van der Waals surface area contributed by atoms with Gasteiger partial charge in [0.25, 0.3) is 0 Å². The molecule has 3 aliphatic rings. The Labute approximate surface area is 170 Å².